The van der Waals surface area contributed by atoms with Gasteiger partial charge in [0, 0.05) is 23.4 Å². The van der Waals surface area contributed by atoms with E-state index < -0.39 is 18.1 Å². The summed E-state index contributed by atoms with van der Waals surface area (Å²) >= 11 is 1.45. The molecule has 0 saturated carbocycles. The zero-order chi connectivity index (χ0) is 20.9. The zero-order valence-corrected chi connectivity index (χ0v) is 14.8. The molecule has 0 aliphatic heterocycles. The van der Waals surface area contributed by atoms with Crippen molar-refractivity contribution in [3.05, 3.63) is 42.1 Å². The largest absolute Gasteiger partial charge is 0.490 e. The molecule has 8 nitrogen and oxygen atoms in total. The molecule has 3 rings (SSSR count). The number of aromatic nitrogens is 2. The Labute approximate surface area is 159 Å². The van der Waals surface area contributed by atoms with Crippen molar-refractivity contribution in [3.63, 3.8) is 0 Å². The number of nitrogens with zero attached hydrogens (tertiary/aromatic N) is 2. The summed E-state index contributed by atoms with van der Waals surface area (Å²) in [5, 5.41) is 16.6. The Balaban J connectivity index is 0.000000345. The highest BCUT2D eigenvalue weighted by atomic mass is 32.1. The SMILES string of the molecule is COc1ccc(-c2nc3ccc(C(=O)NO)cc3s2)cn1.O=C(O)C(F)(F)F. The molecule has 0 aliphatic carbocycles. The van der Waals surface area contributed by atoms with Crippen LogP contribution in [0.2, 0.25) is 0 Å². The molecule has 1 aromatic carbocycles. The second-order valence-corrected chi connectivity index (χ2v) is 6.07. The van der Waals surface area contributed by atoms with Crippen LogP contribution in [-0.4, -0.2) is 45.4 Å². The summed E-state index contributed by atoms with van der Waals surface area (Å²) in [6.45, 7) is 0. The summed E-state index contributed by atoms with van der Waals surface area (Å²) in [7, 11) is 1.56. The Morgan fingerprint density at radius 2 is 1.89 bits per heavy atom. The fraction of sp³-hybridized carbons (Fsp3) is 0.125. The topological polar surface area (TPSA) is 122 Å². The lowest BCUT2D eigenvalue weighted by atomic mass is 10.2. The summed E-state index contributed by atoms with van der Waals surface area (Å²) < 4.78 is 37.6. The molecule has 2 heterocycles. The van der Waals surface area contributed by atoms with Crippen molar-refractivity contribution >= 4 is 33.4 Å². The van der Waals surface area contributed by atoms with Crippen molar-refractivity contribution in [1.29, 1.82) is 0 Å². The van der Waals surface area contributed by atoms with Crippen LogP contribution in [-0.2, 0) is 4.79 Å². The van der Waals surface area contributed by atoms with Crippen molar-refractivity contribution < 1.29 is 37.8 Å². The minimum Gasteiger partial charge on any atom is -0.481 e. The van der Waals surface area contributed by atoms with Crippen molar-refractivity contribution in [2.45, 2.75) is 6.18 Å². The van der Waals surface area contributed by atoms with Crippen LogP contribution in [0.4, 0.5) is 13.2 Å². The van der Waals surface area contributed by atoms with Crippen molar-refractivity contribution in [2.24, 2.45) is 0 Å². The maximum atomic E-state index is 11.4. The number of carboxylic acids is 1. The first kappa shape index (κ1) is 21.1. The van der Waals surface area contributed by atoms with Gasteiger partial charge < -0.3 is 9.84 Å². The van der Waals surface area contributed by atoms with E-state index in [9.17, 15) is 18.0 Å². The first-order valence-electron chi connectivity index (χ1n) is 7.31. The van der Waals surface area contributed by atoms with Crippen LogP contribution in [0.15, 0.2) is 36.5 Å². The molecule has 0 bridgehead atoms. The van der Waals surface area contributed by atoms with Crippen LogP contribution in [0.5, 0.6) is 5.88 Å². The number of carboxylic acid groups (broad SMARTS) is 1. The van der Waals surface area contributed by atoms with Crippen LogP contribution < -0.4 is 10.2 Å². The fourth-order valence-electron chi connectivity index (χ4n) is 1.88. The van der Waals surface area contributed by atoms with Gasteiger partial charge in [0.1, 0.15) is 5.01 Å². The second-order valence-electron chi connectivity index (χ2n) is 5.03. The molecule has 3 N–H and O–H groups in total. The summed E-state index contributed by atoms with van der Waals surface area (Å²) in [6.07, 6.45) is -3.39. The van der Waals surface area contributed by atoms with Gasteiger partial charge in [-0.25, -0.2) is 20.2 Å². The van der Waals surface area contributed by atoms with Crippen LogP contribution in [0.3, 0.4) is 0 Å². The standard InChI is InChI=1S/C14H11N3O3S.C2HF3O2/c1-20-12-5-3-9(7-15-12)14-16-10-4-2-8(13(18)17-19)6-11(10)21-14;3-2(4,5)1(6)7/h2-7,19H,1H3,(H,17,18);(H,6,7). The van der Waals surface area contributed by atoms with Crippen LogP contribution >= 0.6 is 11.3 Å². The lowest BCUT2D eigenvalue weighted by Gasteiger charge is -1.98. The number of carbonyl (C=O) groups is 2. The fourth-order valence-corrected chi connectivity index (χ4v) is 2.88. The average molecular weight is 415 g/mol. The Hall–Kier alpha value is -3.25. The third kappa shape index (κ3) is 5.14. The highest BCUT2D eigenvalue weighted by Gasteiger charge is 2.38. The molecule has 0 aliphatic rings. The van der Waals surface area contributed by atoms with Crippen molar-refractivity contribution in [1.82, 2.24) is 15.4 Å². The molecule has 12 heteroatoms. The lowest BCUT2D eigenvalue weighted by Crippen LogP contribution is -2.21. The molecular formula is C16H12F3N3O5S. The van der Waals surface area contributed by atoms with E-state index in [0.717, 1.165) is 20.8 Å². The second kappa shape index (κ2) is 8.63. The molecule has 3 aromatic rings. The van der Waals surface area contributed by atoms with Crippen LogP contribution in [0.1, 0.15) is 10.4 Å². The quantitative estimate of drug-likeness (QED) is 0.444. The molecule has 0 radical (unpaired) electrons. The number of methoxy groups -OCH3 is 1. The Kier molecular flexibility index (Phi) is 6.49. The lowest BCUT2D eigenvalue weighted by molar-refractivity contribution is -0.192. The van der Waals surface area contributed by atoms with E-state index in [1.165, 1.54) is 11.3 Å². The van der Waals surface area contributed by atoms with E-state index in [1.54, 1.807) is 43.1 Å². The van der Waals surface area contributed by atoms with Crippen molar-refractivity contribution in [2.75, 3.05) is 7.11 Å². The van der Waals surface area contributed by atoms with Gasteiger partial charge in [-0.1, -0.05) is 0 Å². The van der Waals surface area contributed by atoms with Gasteiger partial charge in [0.05, 0.1) is 17.3 Å². The van der Waals surface area contributed by atoms with Gasteiger partial charge in [-0.05, 0) is 24.3 Å². The highest BCUT2D eigenvalue weighted by molar-refractivity contribution is 7.21. The minimum atomic E-state index is -5.08. The van der Waals surface area contributed by atoms with E-state index in [-0.39, 0.29) is 0 Å². The molecule has 0 atom stereocenters. The molecular weight excluding hydrogens is 403 g/mol. The van der Waals surface area contributed by atoms with E-state index >= 15 is 0 Å². The highest BCUT2D eigenvalue weighted by Crippen LogP contribution is 2.30. The Morgan fingerprint density at radius 3 is 2.39 bits per heavy atom. The van der Waals surface area contributed by atoms with Gasteiger partial charge in [0.15, 0.2) is 0 Å². The molecule has 28 heavy (non-hydrogen) atoms. The summed E-state index contributed by atoms with van der Waals surface area (Å²) in [4.78, 5) is 29.0. The van der Waals surface area contributed by atoms with Crippen LogP contribution in [0, 0.1) is 0 Å². The van der Waals surface area contributed by atoms with Crippen LogP contribution in [0.25, 0.3) is 20.8 Å². The number of aliphatic carboxylic acids is 1. The number of thiazole rings is 1. The molecule has 0 saturated heterocycles. The van der Waals surface area contributed by atoms with E-state index in [4.69, 9.17) is 19.8 Å². The number of benzene rings is 1. The third-order valence-electron chi connectivity index (χ3n) is 3.19. The Morgan fingerprint density at radius 1 is 1.21 bits per heavy atom. The number of nitrogens with one attached hydrogen (secondary N) is 1. The summed E-state index contributed by atoms with van der Waals surface area (Å²) in [5.74, 6) is -2.76. The number of rotatable bonds is 3. The minimum absolute atomic E-state index is 0.382. The predicted molar refractivity (Wildman–Crippen MR) is 92.3 cm³/mol. The molecule has 0 spiro atoms. The first-order chi connectivity index (χ1) is 13.2. The molecule has 148 valence electrons. The van der Waals surface area contributed by atoms with E-state index in [1.807, 2.05) is 6.07 Å². The maximum absolute atomic E-state index is 11.4. The number of hydrogen-bond acceptors (Lipinski definition) is 7. The normalized spacial score (nSPS) is 10.8. The van der Waals surface area contributed by atoms with Gasteiger partial charge in [0.25, 0.3) is 5.91 Å². The Bertz CT molecular complexity index is 989. The monoisotopic (exact) mass is 415 g/mol. The number of fused-ring (bicyclic) bond motifs is 1. The number of pyridine rings is 1. The average Bonchev–Trinajstić information content (AvgIpc) is 3.10. The molecule has 1 amide bonds. The number of hydrogen-bond donors (Lipinski definition) is 3. The number of amides is 1. The number of ether oxygens (including phenoxy) is 1. The predicted octanol–water partition coefficient (Wildman–Crippen LogP) is 3.12. The van der Waals surface area contributed by atoms with Crippen molar-refractivity contribution in [3.8, 4) is 16.5 Å². The smallest absolute Gasteiger partial charge is 0.481 e. The van der Waals surface area contributed by atoms with Gasteiger partial charge in [-0.3, -0.25) is 10.0 Å². The maximum Gasteiger partial charge on any atom is 0.490 e. The van der Waals surface area contributed by atoms with Gasteiger partial charge in [-0.2, -0.15) is 13.2 Å². The van der Waals surface area contributed by atoms with Gasteiger partial charge >= 0.3 is 12.1 Å². The summed E-state index contributed by atoms with van der Waals surface area (Å²) in [6, 6.07) is 8.70. The van der Waals surface area contributed by atoms with E-state index in [2.05, 4.69) is 9.97 Å². The molecule has 2 aromatic heterocycles. The molecule has 0 fully saturated rings. The number of halogens is 3. The van der Waals surface area contributed by atoms with E-state index in [0.29, 0.717) is 11.4 Å². The number of carbonyl (C=O) groups excluding carboxylic acids is 1. The summed E-state index contributed by atoms with van der Waals surface area (Å²) in [5.41, 5.74) is 3.67. The van der Waals surface area contributed by atoms with Gasteiger partial charge in [-0.15, -0.1) is 11.3 Å². The first-order valence-corrected chi connectivity index (χ1v) is 8.13. The van der Waals surface area contributed by atoms with Gasteiger partial charge in [0.2, 0.25) is 5.88 Å². The number of alkyl halides is 3. The number of hydroxylamine groups is 1. The zero-order valence-electron chi connectivity index (χ0n) is 14.0. The molecule has 0 unspecified atom stereocenters. The third-order valence-corrected chi connectivity index (χ3v) is 4.25.